The first-order valence-electron chi connectivity index (χ1n) is 2.61. The summed E-state index contributed by atoms with van der Waals surface area (Å²) in [7, 11) is 0. The summed E-state index contributed by atoms with van der Waals surface area (Å²) in [5.41, 5.74) is -0.403. The van der Waals surface area contributed by atoms with Crippen LogP contribution >= 0.6 is 0 Å². The molecular formula is C6H13NO2. The lowest BCUT2D eigenvalue weighted by molar-refractivity contribution is -0.306. The Kier molecular flexibility index (Phi) is 6.92. The standard InChI is InChI=1S/C4H10O2.C2H3N/c1-4(2,3)6-5;1-2-3/h5H,1-3H3;1H3. The fraction of sp³-hybridized carbons (Fsp3) is 0.833. The zero-order valence-corrected chi connectivity index (χ0v) is 6.30. The van der Waals surface area contributed by atoms with Gasteiger partial charge in [0.2, 0.25) is 0 Å². The Morgan fingerprint density at radius 1 is 1.44 bits per heavy atom. The number of hydrogen-bond donors (Lipinski definition) is 1. The summed E-state index contributed by atoms with van der Waals surface area (Å²) in [6.45, 7) is 6.74. The second-order valence-corrected chi connectivity index (χ2v) is 2.43. The van der Waals surface area contributed by atoms with Gasteiger partial charge in [-0.3, -0.25) is 5.26 Å². The molecule has 9 heavy (non-hydrogen) atoms. The van der Waals surface area contributed by atoms with Gasteiger partial charge >= 0.3 is 0 Å². The highest BCUT2D eigenvalue weighted by Crippen LogP contribution is 2.01. The van der Waals surface area contributed by atoms with Crippen molar-refractivity contribution >= 4 is 0 Å². The zero-order chi connectivity index (χ0) is 7.91. The molecular weight excluding hydrogens is 118 g/mol. The second-order valence-electron chi connectivity index (χ2n) is 2.43. The molecule has 0 aliphatic carbocycles. The first-order valence-corrected chi connectivity index (χ1v) is 2.61. The summed E-state index contributed by atoms with van der Waals surface area (Å²) in [4.78, 5) is 3.94. The monoisotopic (exact) mass is 131 g/mol. The third kappa shape index (κ3) is 37.3. The van der Waals surface area contributed by atoms with Crippen molar-refractivity contribution in [1.29, 1.82) is 5.26 Å². The van der Waals surface area contributed by atoms with Crippen LogP contribution in [0.25, 0.3) is 0 Å². The molecule has 0 aromatic rings. The van der Waals surface area contributed by atoms with E-state index in [1.54, 1.807) is 26.8 Å². The van der Waals surface area contributed by atoms with Crippen LogP contribution in [0.15, 0.2) is 0 Å². The number of nitriles is 1. The van der Waals surface area contributed by atoms with Crippen LogP contribution in [0.5, 0.6) is 0 Å². The first-order chi connectivity index (χ1) is 3.97. The summed E-state index contributed by atoms with van der Waals surface area (Å²) in [5.74, 6) is 0. The van der Waals surface area contributed by atoms with Gasteiger partial charge in [0.15, 0.2) is 0 Å². The van der Waals surface area contributed by atoms with E-state index in [-0.39, 0.29) is 0 Å². The molecule has 0 aromatic heterocycles. The van der Waals surface area contributed by atoms with Crippen LogP contribution < -0.4 is 0 Å². The van der Waals surface area contributed by atoms with Crippen LogP contribution in [-0.2, 0) is 4.89 Å². The molecule has 0 unspecified atom stereocenters. The zero-order valence-electron chi connectivity index (χ0n) is 6.30. The van der Waals surface area contributed by atoms with Gasteiger partial charge < -0.3 is 0 Å². The lowest BCUT2D eigenvalue weighted by Gasteiger charge is -2.10. The molecule has 0 radical (unpaired) electrons. The molecule has 0 saturated heterocycles. The topological polar surface area (TPSA) is 53.2 Å². The van der Waals surface area contributed by atoms with E-state index in [1.165, 1.54) is 6.92 Å². The normalized spacial score (nSPS) is 8.89. The quantitative estimate of drug-likeness (QED) is 0.403. The molecule has 0 rings (SSSR count). The maximum absolute atomic E-state index is 7.90. The van der Waals surface area contributed by atoms with Gasteiger partial charge in [0, 0.05) is 6.92 Å². The number of rotatable bonds is 0. The predicted molar refractivity (Wildman–Crippen MR) is 34.8 cm³/mol. The summed E-state index contributed by atoms with van der Waals surface area (Å²) in [6.07, 6.45) is 0. The van der Waals surface area contributed by atoms with Crippen LogP contribution in [0.1, 0.15) is 27.7 Å². The smallest absolute Gasteiger partial charge is 0.0949 e. The fourth-order valence-corrected chi connectivity index (χ4v) is 0. The molecule has 0 heterocycles. The Hall–Kier alpha value is -0.590. The molecule has 0 spiro atoms. The van der Waals surface area contributed by atoms with Gasteiger partial charge in [0.1, 0.15) is 0 Å². The lowest BCUT2D eigenvalue weighted by Crippen LogP contribution is -2.15. The van der Waals surface area contributed by atoms with Gasteiger partial charge in [-0.15, -0.1) is 0 Å². The van der Waals surface area contributed by atoms with E-state index >= 15 is 0 Å². The summed E-state index contributed by atoms with van der Waals surface area (Å²) in [5, 5.41) is 15.2. The van der Waals surface area contributed by atoms with Crippen LogP contribution in [-0.4, -0.2) is 10.9 Å². The highest BCUT2D eigenvalue weighted by molar-refractivity contribution is 4.53. The molecule has 1 N–H and O–H groups in total. The molecule has 3 heteroatoms. The third-order valence-electron chi connectivity index (χ3n) is 0.274. The Morgan fingerprint density at radius 3 is 1.56 bits per heavy atom. The molecule has 0 saturated carbocycles. The Bertz CT molecular complexity index is 88.2. The molecule has 0 bridgehead atoms. The molecule has 0 fully saturated rings. The molecule has 54 valence electrons. The van der Waals surface area contributed by atoms with Gasteiger partial charge in [0.25, 0.3) is 0 Å². The van der Waals surface area contributed by atoms with Crippen molar-refractivity contribution in [3.63, 3.8) is 0 Å². The van der Waals surface area contributed by atoms with Crippen molar-refractivity contribution in [2.24, 2.45) is 0 Å². The average molecular weight is 131 g/mol. The molecule has 0 atom stereocenters. The number of nitrogens with zero attached hydrogens (tertiary/aromatic N) is 1. The van der Waals surface area contributed by atoms with Crippen LogP contribution in [0.2, 0.25) is 0 Å². The van der Waals surface area contributed by atoms with Crippen molar-refractivity contribution in [3.05, 3.63) is 0 Å². The largest absolute Gasteiger partial charge is 0.251 e. The van der Waals surface area contributed by atoms with Gasteiger partial charge in [-0.2, -0.15) is 5.26 Å². The minimum Gasteiger partial charge on any atom is -0.251 e. The summed E-state index contributed by atoms with van der Waals surface area (Å²) in [6, 6.07) is 1.75. The van der Waals surface area contributed by atoms with Crippen molar-refractivity contribution in [1.82, 2.24) is 0 Å². The maximum Gasteiger partial charge on any atom is 0.0949 e. The van der Waals surface area contributed by atoms with Gasteiger partial charge in [-0.25, -0.2) is 4.89 Å². The van der Waals surface area contributed by atoms with Crippen LogP contribution in [0.3, 0.4) is 0 Å². The van der Waals surface area contributed by atoms with Crippen LogP contribution in [0.4, 0.5) is 0 Å². The van der Waals surface area contributed by atoms with Crippen molar-refractivity contribution in [2.45, 2.75) is 33.3 Å². The van der Waals surface area contributed by atoms with Gasteiger partial charge in [-0.1, -0.05) is 0 Å². The summed E-state index contributed by atoms with van der Waals surface area (Å²) >= 11 is 0. The number of hydrogen-bond acceptors (Lipinski definition) is 3. The van der Waals surface area contributed by atoms with Gasteiger partial charge in [-0.05, 0) is 20.8 Å². The molecule has 0 aliphatic heterocycles. The Morgan fingerprint density at radius 2 is 1.56 bits per heavy atom. The Labute approximate surface area is 55.8 Å². The van der Waals surface area contributed by atoms with E-state index in [2.05, 4.69) is 4.89 Å². The molecule has 0 amide bonds. The fourth-order valence-electron chi connectivity index (χ4n) is 0. The SMILES string of the molecule is CC#N.CC(C)(C)OO. The predicted octanol–water partition coefficient (Wildman–Crippen LogP) is 1.80. The van der Waals surface area contributed by atoms with E-state index in [9.17, 15) is 0 Å². The second kappa shape index (κ2) is 5.54. The van der Waals surface area contributed by atoms with Gasteiger partial charge in [0.05, 0.1) is 11.7 Å². The van der Waals surface area contributed by atoms with E-state index < -0.39 is 5.60 Å². The van der Waals surface area contributed by atoms with E-state index in [1.807, 2.05) is 0 Å². The third-order valence-corrected chi connectivity index (χ3v) is 0.274. The van der Waals surface area contributed by atoms with E-state index in [0.29, 0.717) is 0 Å². The average Bonchev–Trinajstić information content (AvgIpc) is 1.67. The highest BCUT2D eigenvalue weighted by Gasteiger charge is 2.06. The lowest BCUT2D eigenvalue weighted by atomic mass is 10.2. The molecule has 0 aromatic carbocycles. The van der Waals surface area contributed by atoms with E-state index in [0.717, 1.165) is 0 Å². The van der Waals surface area contributed by atoms with Crippen molar-refractivity contribution in [3.8, 4) is 6.07 Å². The minimum atomic E-state index is -0.403. The summed E-state index contributed by atoms with van der Waals surface area (Å²) < 4.78 is 0. The Balaban J connectivity index is 0. The van der Waals surface area contributed by atoms with Crippen molar-refractivity contribution in [2.75, 3.05) is 0 Å². The van der Waals surface area contributed by atoms with Crippen molar-refractivity contribution < 1.29 is 10.1 Å². The van der Waals surface area contributed by atoms with Crippen LogP contribution in [0, 0.1) is 11.3 Å². The maximum atomic E-state index is 7.90. The molecule has 3 nitrogen and oxygen atoms in total. The van der Waals surface area contributed by atoms with E-state index in [4.69, 9.17) is 10.5 Å². The highest BCUT2D eigenvalue weighted by atomic mass is 17.1. The first kappa shape index (κ1) is 11.2. The molecule has 0 aliphatic rings. The minimum absolute atomic E-state index is 0.403.